The second-order valence-corrected chi connectivity index (χ2v) is 12.4. The lowest BCUT2D eigenvalue weighted by Crippen LogP contribution is -2.31. The highest BCUT2D eigenvalue weighted by Crippen LogP contribution is 2.13. The van der Waals surface area contributed by atoms with E-state index in [-0.39, 0.29) is 23.4 Å². The summed E-state index contributed by atoms with van der Waals surface area (Å²) < 4.78 is 5.21. The van der Waals surface area contributed by atoms with Crippen molar-refractivity contribution in [2.75, 3.05) is 19.3 Å². The Labute approximate surface area is 291 Å². The third kappa shape index (κ3) is 38.6. The van der Waals surface area contributed by atoms with Crippen molar-refractivity contribution < 1.29 is 19.1 Å². The van der Waals surface area contributed by atoms with Crippen molar-refractivity contribution in [3.8, 4) is 0 Å². The van der Waals surface area contributed by atoms with Crippen molar-refractivity contribution in [2.24, 2.45) is 0 Å². The van der Waals surface area contributed by atoms with Gasteiger partial charge in [0.2, 0.25) is 0 Å². The predicted molar refractivity (Wildman–Crippen MR) is 205 cm³/mol. The molecule has 5 nitrogen and oxygen atoms in total. The molecule has 1 amide bonds. The molecular weight excluding hydrogens is 591 g/mol. The molecule has 0 spiro atoms. The van der Waals surface area contributed by atoms with Gasteiger partial charge in [0.1, 0.15) is 5.78 Å². The number of hydrogen-bond donors (Lipinski definition) is 0. The molecule has 0 radical (unpaired) electrons. The Morgan fingerprint density at radius 3 is 1.50 bits per heavy atom. The monoisotopic (exact) mass is 668 g/mol. The van der Waals surface area contributed by atoms with E-state index in [4.69, 9.17) is 4.74 Å². The van der Waals surface area contributed by atoms with E-state index < -0.39 is 0 Å². The smallest absolute Gasteiger partial charge is 0.310 e. The maximum absolute atomic E-state index is 12.3. The fraction of sp³-hybridized carbons (Fsp3) is 0.825. The van der Waals surface area contributed by atoms with E-state index in [1.807, 2.05) is 39.8 Å². The SMILES string of the molecule is CC.CC.CCCCCCCCCCCC=CCC(=O)CCN(CCCC(=O)OC=CCCCCCCCCCCC)C(=O)SC. The quantitative estimate of drug-likeness (QED) is 0.0330. The average Bonchev–Trinajstić information content (AvgIpc) is 3.08. The van der Waals surface area contributed by atoms with Gasteiger partial charge in [0, 0.05) is 32.4 Å². The Balaban J connectivity index is -0.00000443. The van der Waals surface area contributed by atoms with Gasteiger partial charge >= 0.3 is 5.97 Å². The summed E-state index contributed by atoms with van der Waals surface area (Å²) >= 11 is 1.15. The van der Waals surface area contributed by atoms with Crippen molar-refractivity contribution in [2.45, 2.75) is 196 Å². The van der Waals surface area contributed by atoms with E-state index in [1.165, 1.54) is 115 Å². The minimum atomic E-state index is -0.275. The van der Waals surface area contributed by atoms with Crippen LogP contribution in [0.3, 0.4) is 0 Å². The number of rotatable bonds is 30. The number of thioether (sulfide) groups is 1. The molecule has 0 unspecified atom stereocenters. The summed E-state index contributed by atoms with van der Waals surface area (Å²) in [6.07, 6.45) is 36.4. The summed E-state index contributed by atoms with van der Waals surface area (Å²) in [6, 6.07) is 0. The highest BCUT2D eigenvalue weighted by Gasteiger charge is 2.14. The lowest BCUT2D eigenvalue weighted by Gasteiger charge is -2.20. The number of carbonyl (C=O) groups is 3. The third-order valence-electron chi connectivity index (χ3n) is 7.66. The van der Waals surface area contributed by atoms with Crippen molar-refractivity contribution in [3.63, 3.8) is 0 Å². The number of Topliss-reactive ketones (excluding diaryl/α,β-unsaturated/α-hetero) is 1. The van der Waals surface area contributed by atoms with Crippen LogP contribution in [0.4, 0.5) is 4.79 Å². The van der Waals surface area contributed by atoms with Crippen LogP contribution in [-0.4, -0.2) is 41.2 Å². The molecule has 0 aliphatic rings. The van der Waals surface area contributed by atoms with Crippen LogP contribution in [0.5, 0.6) is 0 Å². The number of amides is 1. The van der Waals surface area contributed by atoms with E-state index >= 15 is 0 Å². The molecule has 0 bridgehead atoms. The number of esters is 1. The molecule has 0 atom stereocenters. The Morgan fingerprint density at radius 2 is 1.02 bits per heavy atom. The van der Waals surface area contributed by atoms with Gasteiger partial charge < -0.3 is 9.64 Å². The fourth-order valence-electron chi connectivity index (χ4n) is 4.93. The van der Waals surface area contributed by atoms with Crippen molar-refractivity contribution in [1.82, 2.24) is 4.90 Å². The lowest BCUT2D eigenvalue weighted by molar-refractivity contribution is -0.138. The molecule has 0 heterocycles. The van der Waals surface area contributed by atoms with Gasteiger partial charge in [-0.25, -0.2) is 0 Å². The van der Waals surface area contributed by atoms with Gasteiger partial charge in [-0.15, -0.1) is 0 Å². The number of ketones is 1. The standard InChI is InChI=1S/C36H65NO4S.2C2H6/c1-4-6-8-10-12-14-16-17-19-21-23-25-28-34(38)30-32-37(36(40)42-3)31-27-29-35(39)41-33-26-24-22-20-18-15-13-11-9-7-5-2;2*1-2/h23,25-26,33H,4-22,24,27-32H2,1-3H3;2*1-2H3. The molecule has 0 aliphatic heterocycles. The number of carbonyl (C=O) groups excluding carboxylic acids is 3. The summed E-state index contributed by atoms with van der Waals surface area (Å²) in [5.74, 6) is -0.128. The zero-order chi connectivity index (χ0) is 34.9. The molecule has 0 aromatic carbocycles. The first-order valence-electron chi connectivity index (χ1n) is 19.4. The molecule has 0 fully saturated rings. The first-order chi connectivity index (χ1) is 22.5. The van der Waals surface area contributed by atoms with Gasteiger partial charge in [0.15, 0.2) is 0 Å². The average molecular weight is 668 g/mol. The van der Waals surface area contributed by atoms with E-state index in [1.54, 1.807) is 11.2 Å². The molecule has 0 saturated carbocycles. The topological polar surface area (TPSA) is 63.7 Å². The second kappa shape index (κ2) is 43.4. The molecule has 0 rings (SSSR count). The van der Waals surface area contributed by atoms with Crippen LogP contribution in [-0.2, 0) is 14.3 Å². The molecule has 46 heavy (non-hydrogen) atoms. The van der Waals surface area contributed by atoms with Gasteiger partial charge in [-0.2, -0.15) is 0 Å². The van der Waals surface area contributed by atoms with Gasteiger partial charge in [-0.05, 0) is 44.4 Å². The summed E-state index contributed by atoms with van der Waals surface area (Å²) in [4.78, 5) is 38.4. The highest BCUT2D eigenvalue weighted by atomic mass is 32.2. The minimum Gasteiger partial charge on any atom is -0.435 e. The minimum absolute atomic E-state index is 0.0575. The van der Waals surface area contributed by atoms with Crippen molar-refractivity contribution >= 4 is 28.8 Å². The summed E-state index contributed by atoms with van der Waals surface area (Å²) in [5.41, 5.74) is 0. The molecule has 0 aromatic heterocycles. The largest absolute Gasteiger partial charge is 0.435 e. The first-order valence-corrected chi connectivity index (χ1v) is 20.6. The number of nitrogens with zero attached hydrogens (tertiary/aromatic N) is 1. The zero-order valence-electron chi connectivity index (χ0n) is 31.7. The third-order valence-corrected chi connectivity index (χ3v) is 8.27. The molecule has 0 saturated heterocycles. The van der Waals surface area contributed by atoms with Crippen LogP contribution in [0.1, 0.15) is 196 Å². The Hall–Kier alpha value is -1.56. The summed E-state index contributed by atoms with van der Waals surface area (Å²) in [5, 5.41) is -0.0575. The Bertz CT molecular complexity index is 707. The van der Waals surface area contributed by atoms with Crippen LogP contribution in [0.15, 0.2) is 24.5 Å². The molecular formula is C40H77NO4S. The number of unbranched alkanes of at least 4 members (excludes halogenated alkanes) is 18. The van der Waals surface area contributed by atoms with Gasteiger partial charge in [0.25, 0.3) is 5.24 Å². The highest BCUT2D eigenvalue weighted by molar-refractivity contribution is 8.12. The first kappa shape index (κ1) is 48.8. The van der Waals surface area contributed by atoms with Crippen LogP contribution < -0.4 is 0 Å². The van der Waals surface area contributed by atoms with Crippen LogP contribution in [0, 0.1) is 0 Å². The summed E-state index contributed by atoms with van der Waals surface area (Å²) in [7, 11) is 0. The Morgan fingerprint density at radius 1 is 0.565 bits per heavy atom. The summed E-state index contributed by atoms with van der Waals surface area (Å²) in [6.45, 7) is 13.4. The van der Waals surface area contributed by atoms with Crippen LogP contribution in [0.2, 0.25) is 0 Å². The van der Waals surface area contributed by atoms with Crippen molar-refractivity contribution in [1.29, 1.82) is 0 Å². The molecule has 0 aromatic rings. The van der Waals surface area contributed by atoms with E-state index in [0.717, 1.165) is 31.0 Å². The maximum Gasteiger partial charge on any atom is 0.310 e. The van der Waals surface area contributed by atoms with Gasteiger partial charge in [0.05, 0.1) is 6.26 Å². The number of ether oxygens (including phenoxy) is 1. The zero-order valence-corrected chi connectivity index (χ0v) is 32.5. The van der Waals surface area contributed by atoms with Crippen LogP contribution >= 0.6 is 11.8 Å². The van der Waals surface area contributed by atoms with Crippen LogP contribution in [0.25, 0.3) is 0 Å². The molecule has 272 valence electrons. The maximum atomic E-state index is 12.3. The predicted octanol–water partition coefficient (Wildman–Crippen LogP) is 13.4. The fourth-order valence-corrected chi connectivity index (χ4v) is 5.37. The van der Waals surface area contributed by atoms with Gasteiger partial charge in [-0.1, -0.05) is 168 Å². The normalized spacial score (nSPS) is 10.8. The molecule has 6 heteroatoms. The van der Waals surface area contributed by atoms with E-state index in [2.05, 4.69) is 19.9 Å². The molecule has 0 N–H and O–H groups in total. The number of hydrogen-bond acceptors (Lipinski definition) is 5. The Kier molecular flexibility index (Phi) is 46.1. The second-order valence-electron chi connectivity index (χ2n) is 11.6. The lowest BCUT2D eigenvalue weighted by atomic mass is 10.1. The van der Waals surface area contributed by atoms with Gasteiger partial charge in [-0.3, -0.25) is 14.4 Å². The number of allylic oxidation sites excluding steroid dienone is 3. The van der Waals surface area contributed by atoms with E-state index in [9.17, 15) is 14.4 Å². The molecule has 0 aliphatic carbocycles. The van der Waals surface area contributed by atoms with Crippen molar-refractivity contribution in [3.05, 3.63) is 24.5 Å². The van der Waals surface area contributed by atoms with E-state index in [0.29, 0.717) is 32.4 Å².